The van der Waals surface area contributed by atoms with Crippen LogP contribution in [-0.4, -0.2) is 12.6 Å². The monoisotopic (exact) mass is 295 g/mol. The molecule has 0 radical (unpaired) electrons. The van der Waals surface area contributed by atoms with Crippen LogP contribution in [0.25, 0.3) is 0 Å². The number of nitrogens with one attached hydrogen (secondary N) is 1. The highest BCUT2D eigenvalue weighted by molar-refractivity contribution is 5.19. The molecule has 1 nitrogen and oxygen atoms in total. The molecule has 21 heavy (non-hydrogen) atoms. The van der Waals surface area contributed by atoms with Crippen LogP contribution in [0.5, 0.6) is 0 Å². The molecule has 0 aliphatic heterocycles. The van der Waals surface area contributed by atoms with E-state index in [0.29, 0.717) is 12.0 Å². The summed E-state index contributed by atoms with van der Waals surface area (Å²) in [5.74, 6) is -0.0214. The van der Waals surface area contributed by atoms with Crippen molar-refractivity contribution in [2.75, 3.05) is 6.54 Å². The maximum Gasteiger partial charge on any atom is 0.159 e. The molecule has 1 aliphatic carbocycles. The molecule has 1 N–H and O–H groups in total. The molecule has 3 atom stereocenters. The maximum atomic E-state index is 13.4. The fourth-order valence-corrected chi connectivity index (χ4v) is 3.66. The second-order valence-electron chi connectivity index (χ2n) is 6.32. The van der Waals surface area contributed by atoms with Gasteiger partial charge >= 0.3 is 0 Å². The van der Waals surface area contributed by atoms with Gasteiger partial charge in [-0.25, -0.2) is 8.78 Å². The molecule has 0 spiro atoms. The molecule has 0 aromatic heterocycles. The molecular weight excluding hydrogens is 268 g/mol. The Bertz CT molecular complexity index is 447. The molecule has 1 aromatic rings. The molecule has 1 saturated carbocycles. The Labute approximate surface area is 127 Å². The van der Waals surface area contributed by atoms with Crippen molar-refractivity contribution >= 4 is 0 Å². The lowest BCUT2D eigenvalue weighted by atomic mass is 9.75. The van der Waals surface area contributed by atoms with Crippen molar-refractivity contribution in [1.29, 1.82) is 0 Å². The van der Waals surface area contributed by atoms with Crippen LogP contribution in [0.1, 0.15) is 51.5 Å². The molecule has 1 aromatic carbocycles. The molecule has 3 unspecified atom stereocenters. The van der Waals surface area contributed by atoms with Crippen LogP contribution in [0.3, 0.4) is 0 Å². The first-order valence-corrected chi connectivity index (χ1v) is 8.31. The Morgan fingerprint density at radius 2 is 2.00 bits per heavy atom. The zero-order valence-electron chi connectivity index (χ0n) is 13.2. The highest BCUT2D eigenvalue weighted by Crippen LogP contribution is 2.33. The Balaban J connectivity index is 2.05. The third kappa shape index (κ3) is 4.50. The van der Waals surface area contributed by atoms with Crippen molar-refractivity contribution in [1.82, 2.24) is 5.32 Å². The zero-order valence-corrected chi connectivity index (χ0v) is 13.2. The minimum absolute atomic E-state index is 0.370. The topological polar surface area (TPSA) is 12.0 Å². The van der Waals surface area contributed by atoms with Gasteiger partial charge in [-0.2, -0.15) is 0 Å². The van der Waals surface area contributed by atoms with Crippen molar-refractivity contribution in [3.63, 3.8) is 0 Å². The molecule has 0 saturated heterocycles. The van der Waals surface area contributed by atoms with E-state index in [2.05, 4.69) is 19.2 Å². The van der Waals surface area contributed by atoms with Gasteiger partial charge in [-0.15, -0.1) is 0 Å². The maximum absolute atomic E-state index is 13.4. The molecule has 3 heteroatoms. The van der Waals surface area contributed by atoms with Gasteiger partial charge in [0.05, 0.1) is 0 Å². The van der Waals surface area contributed by atoms with Crippen LogP contribution in [0, 0.1) is 23.5 Å². The number of rotatable bonds is 6. The number of halogens is 2. The second-order valence-corrected chi connectivity index (χ2v) is 6.32. The average molecular weight is 295 g/mol. The summed E-state index contributed by atoms with van der Waals surface area (Å²) in [6.45, 7) is 5.30. The smallest absolute Gasteiger partial charge is 0.159 e. The van der Waals surface area contributed by atoms with Crippen molar-refractivity contribution in [2.24, 2.45) is 11.8 Å². The largest absolute Gasteiger partial charge is 0.314 e. The molecule has 0 amide bonds. The first-order valence-electron chi connectivity index (χ1n) is 8.31. The highest BCUT2D eigenvalue weighted by Gasteiger charge is 2.27. The lowest BCUT2D eigenvalue weighted by Crippen LogP contribution is -2.40. The summed E-state index contributed by atoms with van der Waals surface area (Å²) in [5, 5.41) is 3.56. The fraction of sp³-hybridized carbons (Fsp3) is 0.667. The first kappa shape index (κ1) is 16.4. The zero-order chi connectivity index (χ0) is 15.2. The first-order chi connectivity index (χ1) is 10.1. The van der Waals surface area contributed by atoms with Gasteiger partial charge in [-0.1, -0.05) is 39.2 Å². The molecule has 2 rings (SSSR count). The summed E-state index contributed by atoms with van der Waals surface area (Å²) in [4.78, 5) is 0. The lowest BCUT2D eigenvalue weighted by molar-refractivity contribution is 0.208. The van der Waals surface area contributed by atoms with E-state index in [4.69, 9.17) is 0 Å². The van der Waals surface area contributed by atoms with E-state index >= 15 is 0 Å². The van der Waals surface area contributed by atoms with Gasteiger partial charge in [-0.05, 0) is 55.3 Å². The Morgan fingerprint density at radius 1 is 1.19 bits per heavy atom. The predicted octanol–water partition coefficient (Wildman–Crippen LogP) is 4.70. The van der Waals surface area contributed by atoms with Crippen molar-refractivity contribution in [3.8, 4) is 0 Å². The van der Waals surface area contributed by atoms with Gasteiger partial charge in [0, 0.05) is 6.04 Å². The van der Waals surface area contributed by atoms with E-state index in [9.17, 15) is 8.78 Å². The summed E-state index contributed by atoms with van der Waals surface area (Å²) in [6.07, 6.45) is 7.18. The quantitative estimate of drug-likeness (QED) is 0.802. The third-order valence-corrected chi connectivity index (χ3v) is 4.88. The van der Waals surface area contributed by atoms with Gasteiger partial charge in [-0.3, -0.25) is 0 Å². The lowest BCUT2D eigenvalue weighted by Gasteiger charge is -2.35. The average Bonchev–Trinajstić information content (AvgIpc) is 2.50. The third-order valence-electron chi connectivity index (χ3n) is 4.88. The van der Waals surface area contributed by atoms with E-state index < -0.39 is 11.6 Å². The van der Waals surface area contributed by atoms with Crippen LogP contribution >= 0.6 is 0 Å². The van der Waals surface area contributed by atoms with E-state index in [1.807, 2.05) is 0 Å². The highest BCUT2D eigenvalue weighted by atomic mass is 19.2. The van der Waals surface area contributed by atoms with Crippen molar-refractivity contribution in [3.05, 3.63) is 35.4 Å². The van der Waals surface area contributed by atoms with E-state index in [0.717, 1.165) is 24.4 Å². The number of hydrogen-bond acceptors (Lipinski definition) is 1. The van der Waals surface area contributed by atoms with Crippen molar-refractivity contribution in [2.45, 2.75) is 58.4 Å². The number of likely N-dealkylation sites (N-methyl/N-ethyl adjacent to an activating group) is 1. The van der Waals surface area contributed by atoms with Gasteiger partial charge in [0.2, 0.25) is 0 Å². The molecular formula is C18H27F2N. The summed E-state index contributed by atoms with van der Waals surface area (Å²) >= 11 is 0. The van der Waals surface area contributed by atoms with Crippen molar-refractivity contribution < 1.29 is 8.78 Å². The predicted molar refractivity (Wildman–Crippen MR) is 83.3 cm³/mol. The van der Waals surface area contributed by atoms with Crippen LogP contribution in [0.15, 0.2) is 18.2 Å². The molecule has 1 aliphatic rings. The van der Waals surface area contributed by atoms with Crippen LogP contribution in [0.4, 0.5) is 8.78 Å². The van der Waals surface area contributed by atoms with Crippen LogP contribution < -0.4 is 5.32 Å². The van der Waals surface area contributed by atoms with E-state index in [1.165, 1.54) is 44.2 Å². The minimum atomic E-state index is -0.762. The summed E-state index contributed by atoms with van der Waals surface area (Å²) in [6, 6.07) is 4.67. The normalized spacial score (nSPS) is 24.0. The van der Waals surface area contributed by atoms with Crippen LogP contribution in [-0.2, 0) is 6.42 Å². The van der Waals surface area contributed by atoms with Gasteiger partial charge in [0.15, 0.2) is 11.6 Å². The molecule has 0 heterocycles. The van der Waals surface area contributed by atoms with E-state index in [-0.39, 0.29) is 0 Å². The van der Waals surface area contributed by atoms with E-state index in [1.54, 1.807) is 6.07 Å². The van der Waals surface area contributed by atoms with Gasteiger partial charge in [0.25, 0.3) is 0 Å². The summed E-state index contributed by atoms with van der Waals surface area (Å²) < 4.78 is 26.4. The molecule has 1 fully saturated rings. The summed E-state index contributed by atoms with van der Waals surface area (Å²) in [5.41, 5.74) is 0.887. The van der Waals surface area contributed by atoms with Crippen LogP contribution in [0.2, 0.25) is 0 Å². The molecule has 0 bridgehead atoms. The Kier molecular flexibility index (Phi) is 6.16. The molecule has 118 valence electrons. The second kappa shape index (κ2) is 7.88. The number of benzene rings is 1. The fourth-order valence-electron chi connectivity index (χ4n) is 3.66. The summed E-state index contributed by atoms with van der Waals surface area (Å²) in [7, 11) is 0. The Hall–Kier alpha value is -0.960. The van der Waals surface area contributed by atoms with Gasteiger partial charge < -0.3 is 5.32 Å². The standard InChI is InChI=1S/C18H27F2N/c1-3-13-6-5-7-15(10-13)18(21-4-2)12-14-8-9-16(19)17(20)11-14/h8-9,11,13,15,18,21H,3-7,10,12H2,1-2H3. The number of hydrogen-bond donors (Lipinski definition) is 1. The minimum Gasteiger partial charge on any atom is -0.314 e. The van der Waals surface area contributed by atoms with Gasteiger partial charge in [0.1, 0.15) is 0 Å². The SMILES string of the molecule is CCNC(Cc1ccc(F)c(F)c1)C1CCCC(CC)C1. The Morgan fingerprint density at radius 3 is 2.67 bits per heavy atom.